The summed E-state index contributed by atoms with van der Waals surface area (Å²) in [6.45, 7) is 8.50. The summed E-state index contributed by atoms with van der Waals surface area (Å²) in [5.74, 6) is -0.299. The van der Waals surface area contributed by atoms with Crippen LogP contribution in [0.1, 0.15) is 41.8 Å². The molecule has 3 rings (SSSR count). The van der Waals surface area contributed by atoms with Crippen LogP contribution in [0, 0.1) is 12.8 Å². The molecule has 0 radical (unpaired) electrons. The van der Waals surface area contributed by atoms with Gasteiger partial charge < -0.3 is 10.6 Å². The number of hydrogen-bond donors (Lipinski definition) is 2. The lowest BCUT2D eigenvalue weighted by molar-refractivity contribution is -0.124. The monoisotopic (exact) mass is 393 g/mol. The van der Waals surface area contributed by atoms with E-state index in [1.165, 1.54) is 5.56 Å². The van der Waals surface area contributed by atoms with Crippen LogP contribution in [-0.2, 0) is 11.3 Å². The van der Waals surface area contributed by atoms with Crippen molar-refractivity contribution in [3.8, 4) is 0 Å². The highest BCUT2D eigenvalue weighted by atomic mass is 16.2. The zero-order chi connectivity index (χ0) is 20.8. The second-order valence-corrected chi connectivity index (χ2v) is 8.22. The van der Waals surface area contributed by atoms with Crippen molar-refractivity contribution in [1.29, 1.82) is 0 Å². The van der Waals surface area contributed by atoms with Gasteiger partial charge in [0.25, 0.3) is 5.91 Å². The van der Waals surface area contributed by atoms with Gasteiger partial charge in [0.05, 0.1) is 0 Å². The number of nitrogens with zero attached hydrogens (tertiary/aromatic N) is 1. The largest absolute Gasteiger partial charge is 0.350 e. The Hall–Kier alpha value is -2.66. The fraction of sp³-hybridized carbons (Fsp3) is 0.417. The number of hydrogen-bond acceptors (Lipinski definition) is 3. The van der Waals surface area contributed by atoms with Gasteiger partial charge >= 0.3 is 0 Å². The van der Waals surface area contributed by atoms with E-state index in [4.69, 9.17) is 0 Å². The van der Waals surface area contributed by atoms with Crippen LogP contribution in [0.2, 0.25) is 0 Å². The van der Waals surface area contributed by atoms with Gasteiger partial charge in [0.15, 0.2) is 0 Å². The number of carbonyl (C=O) groups excluding carboxylic acids is 2. The van der Waals surface area contributed by atoms with Gasteiger partial charge in [0.2, 0.25) is 5.91 Å². The Labute approximate surface area is 173 Å². The lowest BCUT2D eigenvalue weighted by Gasteiger charge is -2.24. The molecule has 1 saturated heterocycles. The molecule has 29 heavy (non-hydrogen) atoms. The smallest absolute Gasteiger partial charge is 0.252 e. The average molecular weight is 394 g/mol. The van der Waals surface area contributed by atoms with Gasteiger partial charge in [-0.15, -0.1) is 0 Å². The molecule has 1 aliphatic heterocycles. The molecule has 0 aliphatic carbocycles. The van der Waals surface area contributed by atoms with Crippen LogP contribution in [0.4, 0.5) is 0 Å². The standard InChI is InChI=1S/C24H31N3O2/c1-17(2)22(26-23(28)21-12-8-7-9-18(21)3)24(29)25-20-13-14-27(16-20)15-19-10-5-4-6-11-19/h4-12,17,20,22H,13-16H2,1-3H3,(H,25,29)(H,26,28). The van der Waals surface area contributed by atoms with E-state index in [1.807, 2.05) is 45.0 Å². The number of amides is 2. The minimum Gasteiger partial charge on any atom is -0.350 e. The predicted molar refractivity (Wildman–Crippen MR) is 116 cm³/mol. The normalized spacial score (nSPS) is 17.9. The van der Waals surface area contributed by atoms with Crippen LogP contribution in [0.3, 0.4) is 0 Å². The van der Waals surface area contributed by atoms with Crippen molar-refractivity contribution in [3.63, 3.8) is 0 Å². The highest BCUT2D eigenvalue weighted by molar-refractivity contribution is 5.98. The van der Waals surface area contributed by atoms with Crippen LogP contribution >= 0.6 is 0 Å². The molecule has 1 aliphatic rings. The first-order valence-electron chi connectivity index (χ1n) is 10.4. The van der Waals surface area contributed by atoms with Crippen LogP contribution < -0.4 is 10.6 Å². The molecule has 0 saturated carbocycles. The lowest BCUT2D eigenvalue weighted by Crippen LogP contribution is -2.52. The minimum atomic E-state index is -0.551. The van der Waals surface area contributed by atoms with E-state index in [0.29, 0.717) is 5.56 Å². The molecule has 0 aromatic heterocycles. The predicted octanol–water partition coefficient (Wildman–Crippen LogP) is 3.14. The fourth-order valence-corrected chi connectivity index (χ4v) is 3.81. The minimum absolute atomic E-state index is 0.00444. The maximum Gasteiger partial charge on any atom is 0.252 e. The van der Waals surface area contributed by atoms with E-state index in [1.54, 1.807) is 6.07 Å². The maximum atomic E-state index is 12.9. The average Bonchev–Trinajstić information content (AvgIpc) is 3.13. The first-order chi connectivity index (χ1) is 13.9. The van der Waals surface area contributed by atoms with Crippen molar-refractivity contribution in [1.82, 2.24) is 15.5 Å². The third-order valence-electron chi connectivity index (χ3n) is 5.49. The SMILES string of the molecule is Cc1ccccc1C(=O)NC(C(=O)NC1CCN(Cc2ccccc2)C1)C(C)C. The third-order valence-corrected chi connectivity index (χ3v) is 5.49. The van der Waals surface area contributed by atoms with Gasteiger partial charge in [-0.3, -0.25) is 14.5 Å². The molecule has 2 N–H and O–H groups in total. The van der Waals surface area contributed by atoms with Crippen LogP contribution in [0.25, 0.3) is 0 Å². The van der Waals surface area contributed by atoms with Crippen molar-refractivity contribution in [3.05, 3.63) is 71.3 Å². The van der Waals surface area contributed by atoms with Crippen molar-refractivity contribution in [2.45, 2.75) is 45.8 Å². The Morgan fingerprint density at radius 2 is 1.76 bits per heavy atom. The summed E-state index contributed by atoms with van der Waals surface area (Å²) in [4.78, 5) is 27.9. The van der Waals surface area contributed by atoms with Gasteiger partial charge in [-0.1, -0.05) is 62.4 Å². The van der Waals surface area contributed by atoms with Crippen LogP contribution in [-0.4, -0.2) is 41.9 Å². The lowest BCUT2D eigenvalue weighted by atomic mass is 10.0. The molecule has 2 aromatic rings. The van der Waals surface area contributed by atoms with Crippen molar-refractivity contribution in [2.75, 3.05) is 13.1 Å². The van der Waals surface area contributed by atoms with Crippen molar-refractivity contribution < 1.29 is 9.59 Å². The molecule has 2 atom stereocenters. The molecular formula is C24H31N3O2. The molecule has 5 heteroatoms. The maximum absolute atomic E-state index is 12.9. The quantitative estimate of drug-likeness (QED) is 0.760. The van der Waals surface area contributed by atoms with Crippen molar-refractivity contribution >= 4 is 11.8 Å². The summed E-state index contributed by atoms with van der Waals surface area (Å²) >= 11 is 0. The zero-order valence-electron chi connectivity index (χ0n) is 17.5. The molecule has 2 unspecified atom stereocenters. The highest BCUT2D eigenvalue weighted by Crippen LogP contribution is 2.15. The van der Waals surface area contributed by atoms with Gasteiger partial charge in [0, 0.05) is 31.2 Å². The zero-order valence-corrected chi connectivity index (χ0v) is 17.5. The van der Waals surface area contributed by atoms with E-state index in [2.05, 4.69) is 39.8 Å². The number of likely N-dealkylation sites (tertiary alicyclic amines) is 1. The molecular weight excluding hydrogens is 362 g/mol. The first-order valence-corrected chi connectivity index (χ1v) is 10.4. The molecule has 1 fully saturated rings. The van der Waals surface area contributed by atoms with E-state index in [0.717, 1.165) is 31.6 Å². The summed E-state index contributed by atoms with van der Waals surface area (Å²) < 4.78 is 0. The van der Waals surface area contributed by atoms with E-state index in [-0.39, 0.29) is 23.8 Å². The Balaban J connectivity index is 1.56. The Morgan fingerprint density at radius 3 is 2.45 bits per heavy atom. The first kappa shape index (κ1) is 21.1. The second-order valence-electron chi connectivity index (χ2n) is 8.22. The number of carbonyl (C=O) groups is 2. The number of nitrogens with one attached hydrogen (secondary N) is 2. The van der Waals surface area contributed by atoms with Gasteiger partial charge in [-0.25, -0.2) is 0 Å². The molecule has 0 bridgehead atoms. The topological polar surface area (TPSA) is 61.4 Å². The van der Waals surface area contributed by atoms with Gasteiger partial charge in [-0.05, 0) is 36.5 Å². The van der Waals surface area contributed by atoms with Gasteiger partial charge in [0.1, 0.15) is 6.04 Å². The summed E-state index contributed by atoms with van der Waals surface area (Å²) in [5.41, 5.74) is 2.80. The Morgan fingerprint density at radius 1 is 1.07 bits per heavy atom. The van der Waals surface area contributed by atoms with Crippen LogP contribution in [0.15, 0.2) is 54.6 Å². The number of benzene rings is 2. The summed E-state index contributed by atoms with van der Waals surface area (Å²) in [6, 6.07) is 17.4. The summed E-state index contributed by atoms with van der Waals surface area (Å²) in [6.07, 6.45) is 0.926. The summed E-state index contributed by atoms with van der Waals surface area (Å²) in [5, 5.41) is 6.09. The Kier molecular flexibility index (Phi) is 7.04. The molecule has 154 valence electrons. The third kappa shape index (κ3) is 5.67. The fourth-order valence-electron chi connectivity index (χ4n) is 3.81. The van der Waals surface area contributed by atoms with Crippen molar-refractivity contribution in [2.24, 2.45) is 5.92 Å². The molecule has 2 aromatic carbocycles. The van der Waals surface area contributed by atoms with Gasteiger partial charge in [-0.2, -0.15) is 0 Å². The number of aryl methyl sites for hydroxylation is 1. The van der Waals surface area contributed by atoms with E-state index in [9.17, 15) is 9.59 Å². The Bertz CT molecular complexity index is 835. The molecule has 1 heterocycles. The molecule has 2 amide bonds. The van der Waals surface area contributed by atoms with Crippen LogP contribution in [0.5, 0.6) is 0 Å². The number of rotatable bonds is 7. The molecule has 0 spiro atoms. The molecule has 5 nitrogen and oxygen atoms in total. The second kappa shape index (κ2) is 9.70. The van der Waals surface area contributed by atoms with E-state index >= 15 is 0 Å². The highest BCUT2D eigenvalue weighted by Gasteiger charge is 2.29. The van der Waals surface area contributed by atoms with E-state index < -0.39 is 6.04 Å². The summed E-state index contributed by atoms with van der Waals surface area (Å²) in [7, 11) is 0.